The smallest absolute Gasteiger partial charge is 0.419 e. The van der Waals surface area contributed by atoms with Gasteiger partial charge in [0, 0.05) is 32.7 Å². The molecule has 0 heterocycles. The summed E-state index contributed by atoms with van der Waals surface area (Å²) in [5.41, 5.74) is 0.514. The second-order valence-corrected chi connectivity index (χ2v) is 15.1. The summed E-state index contributed by atoms with van der Waals surface area (Å²) in [4.78, 5) is 0. The van der Waals surface area contributed by atoms with Crippen molar-refractivity contribution < 1.29 is 74.5 Å². The van der Waals surface area contributed by atoms with E-state index in [2.05, 4.69) is 5.48 Å². The molecule has 2 rings (SSSR count). The molecule has 0 amide bonds. The minimum Gasteiger partial charge on any atom is -0.493 e. The molecular formula is C32H47Cl2F3NO6PY. The first-order chi connectivity index (χ1) is 20.7. The Labute approximate surface area is 308 Å². The number of alkyl halides is 3. The van der Waals surface area contributed by atoms with Crippen molar-refractivity contribution in [2.45, 2.75) is 116 Å². The second kappa shape index (κ2) is 19.3. The van der Waals surface area contributed by atoms with Crippen LogP contribution in [0, 0.1) is 0 Å². The fourth-order valence-corrected chi connectivity index (χ4v) is 5.92. The molecule has 0 saturated heterocycles. The van der Waals surface area contributed by atoms with Crippen LogP contribution in [0.1, 0.15) is 90.8 Å². The largest absolute Gasteiger partial charge is 0.493 e. The van der Waals surface area contributed by atoms with Gasteiger partial charge in [-0.3, -0.25) is 0 Å². The fourth-order valence-electron chi connectivity index (χ4n) is 4.21. The van der Waals surface area contributed by atoms with Crippen LogP contribution in [-0.4, -0.2) is 46.4 Å². The van der Waals surface area contributed by atoms with E-state index in [0.717, 1.165) is 11.6 Å². The molecule has 0 aliphatic heterocycles. The first-order valence-electron chi connectivity index (χ1n) is 14.9. The number of ether oxygens (including phenoxy) is 1. The molecule has 0 aliphatic rings. The molecule has 259 valence electrons. The number of benzene rings is 2. The molecule has 46 heavy (non-hydrogen) atoms. The van der Waals surface area contributed by atoms with Gasteiger partial charge in [-0.25, -0.2) is 0 Å². The quantitative estimate of drug-likeness (QED) is 0.0836. The van der Waals surface area contributed by atoms with Crippen LogP contribution in [0.4, 0.5) is 13.2 Å². The van der Waals surface area contributed by atoms with Crippen molar-refractivity contribution in [3.63, 3.8) is 0 Å². The fraction of sp³-hybridized carbons (Fsp3) is 0.625. The van der Waals surface area contributed by atoms with E-state index in [1.807, 2.05) is 47.6 Å². The molecule has 0 aromatic heterocycles. The van der Waals surface area contributed by atoms with E-state index in [-0.39, 0.29) is 70.9 Å². The van der Waals surface area contributed by atoms with Gasteiger partial charge in [-0.2, -0.15) is 18.7 Å². The minimum atomic E-state index is -4.64. The minimum absolute atomic E-state index is 0. The molecule has 0 aliphatic carbocycles. The summed E-state index contributed by atoms with van der Waals surface area (Å²) < 4.78 is 65.9. The number of halogens is 5. The van der Waals surface area contributed by atoms with E-state index in [0.29, 0.717) is 34.9 Å². The maximum absolute atomic E-state index is 14.1. The van der Waals surface area contributed by atoms with E-state index < -0.39 is 43.2 Å². The average Bonchev–Trinajstić information content (AvgIpc) is 2.91. The van der Waals surface area contributed by atoms with Gasteiger partial charge in [-0.15, -0.1) is 0 Å². The molecule has 0 spiro atoms. The average molecular weight is 790 g/mol. The summed E-state index contributed by atoms with van der Waals surface area (Å²) >= 11 is 12.0. The Morgan fingerprint density at radius 3 is 1.98 bits per heavy atom. The first kappa shape index (κ1) is 43.9. The number of aliphatic hydroxyl groups is 1. The van der Waals surface area contributed by atoms with E-state index in [1.165, 1.54) is 6.07 Å². The number of hydrogen-bond donors (Lipinski definition) is 3. The van der Waals surface area contributed by atoms with Crippen molar-refractivity contribution >= 4 is 31.8 Å². The summed E-state index contributed by atoms with van der Waals surface area (Å²) in [6.45, 7) is 12.8. The standard InChI is InChI=1S/C32H47Cl2F3NO6P.Y/c1-22(39)14-16-31(38-40,21-42-45(43-29(2,3)4)44-30(5,6)7)17-15-24-11-13-28(25(19-24)32(35,36)37)41-18-8-9-23-10-12-26(33)27(34)20-23;/h10-13,19-20,22,38-40H,8-9,14-18,21H2,1-7H3;. The molecule has 1 radical (unpaired) electrons. The number of hydrogen-bond acceptors (Lipinski definition) is 7. The van der Waals surface area contributed by atoms with Crippen molar-refractivity contribution in [2.24, 2.45) is 0 Å². The van der Waals surface area contributed by atoms with E-state index in [1.54, 1.807) is 25.1 Å². The molecule has 2 atom stereocenters. The Kier molecular flexibility index (Phi) is 18.5. The summed E-state index contributed by atoms with van der Waals surface area (Å²) in [6, 6.07) is 9.20. The SMILES string of the molecule is CC(O)CCC(CCc1ccc(OCCCc2ccc(Cl)c(Cl)c2)c(C(F)(F)F)c1)(COP(OC(C)(C)C)OC(C)(C)C)NO.[Y]. The first-order valence-corrected chi connectivity index (χ1v) is 16.7. The molecule has 0 bridgehead atoms. The predicted molar refractivity (Wildman–Crippen MR) is 173 cm³/mol. The monoisotopic (exact) mass is 788 g/mol. The molecular weight excluding hydrogens is 742 g/mol. The second-order valence-electron chi connectivity index (χ2n) is 13.2. The molecule has 3 N–H and O–H groups in total. The van der Waals surface area contributed by atoms with Gasteiger partial charge in [-0.05, 0) is 122 Å². The van der Waals surface area contributed by atoms with Crippen LogP contribution in [0.2, 0.25) is 10.0 Å². The molecule has 0 fully saturated rings. The third-order valence-electron chi connectivity index (χ3n) is 6.51. The third kappa shape index (κ3) is 16.5. The van der Waals surface area contributed by atoms with Crippen LogP contribution >= 0.6 is 31.8 Å². The van der Waals surface area contributed by atoms with Crippen LogP contribution in [0.25, 0.3) is 0 Å². The van der Waals surface area contributed by atoms with Gasteiger partial charge in [0.25, 0.3) is 0 Å². The van der Waals surface area contributed by atoms with Crippen molar-refractivity contribution in [2.75, 3.05) is 13.2 Å². The predicted octanol–water partition coefficient (Wildman–Crippen LogP) is 9.71. The zero-order valence-corrected chi connectivity index (χ0v) is 32.9. The molecule has 7 nitrogen and oxygen atoms in total. The molecule has 2 aromatic carbocycles. The van der Waals surface area contributed by atoms with Gasteiger partial charge in [0.1, 0.15) is 5.75 Å². The normalized spacial score (nSPS) is 14.6. The Bertz CT molecular complexity index is 1200. The van der Waals surface area contributed by atoms with E-state index >= 15 is 0 Å². The van der Waals surface area contributed by atoms with Gasteiger partial charge in [0.15, 0.2) is 0 Å². The van der Waals surface area contributed by atoms with Crippen LogP contribution in [0.3, 0.4) is 0 Å². The Balaban J connectivity index is 0.0000106. The third-order valence-corrected chi connectivity index (χ3v) is 8.99. The molecule has 0 saturated carbocycles. The molecule has 2 aromatic rings. The van der Waals surface area contributed by atoms with Crippen LogP contribution in [0.5, 0.6) is 5.75 Å². The summed E-state index contributed by atoms with van der Waals surface area (Å²) in [7, 11) is -1.84. The maximum Gasteiger partial charge on any atom is 0.419 e. The van der Waals surface area contributed by atoms with Crippen molar-refractivity contribution in [3.8, 4) is 5.75 Å². The molecule has 14 heteroatoms. The van der Waals surface area contributed by atoms with Gasteiger partial charge in [0.2, 0.25) is 0 Å². The Morgan fingerprint density at radius 2 is 1.46 bits per heavy atom. The van der Waals surface area contributed by atoms with Gasteiger partial charge in [-0.1, -0.05) is 35.3 Å². The summed E-state index contributed by atoms with van der Waals surface area (Å²) in [5.74, 6) is -0.256. The van der Waals surface area contributed by atoms with Crippen LogP contribution in [0.15, 0.2) is 36.4 Å². The summed E-state index contributed by atoms with van der Waals surface area (Å²) in [5, 5.41) is 21.1. The van der Waals surface area contributed by atoms with Crippen molar-refractivity contribution in [1.29, 1.82) is 0 Å². The number of rotatable bonds is 17. The van der Waals surface area contributed by atoms with E-state index in [4.69, 9.17) is 41.5 Å². The number of aliphatic hydroxyl groups excluding tert-OH is 1. The van der Waals surface area contributed by atoms with Crippen LogP contribution < -0.4 is 10.2 Å². The number of nitrogens with one attached hydrogen (secondary N) is 1. The van der Waals surface area contributed by atoms with Crippen LogP contribution in [-0.2, 0) is 65.3 Å². The topological polar surface area (TPSA) is 89.4 Å². The zero-order valence-electron chi connectivity index (χ0n) is 27.6. The Hall–Kier alpha value is -0.0961. The van der Waals surface area contributed by atoms with Crippen molar-refractivity contribution in [3.05, 3.63) is 63.1 Å². The van der Waals surface area contributed by atoms with Gasteiger partial charge >= 0.3 is 14.8 Å². The van der Waals surface area contributed by atoms with E-state index in [9.17, 15) is 23.5 Å². The maximum atomic E-state index is 14.1. The number of aryl methyl sites for hydroxylation is 2. The zero-order chi connectivity index (χ0) is 34.1. The van der Waals surface area contributed by atoms with Gasteiger partial charge < -0.3 is 28.6 Å². The van der Waals surface area contributed by atoms with Crippen molar-refractivity contribution in [1.82, 2.24) is 5.48 Å². The van der Waals surface area contributed by atoms with Gasteiger partial charge in [0.05, 0.1) is 51.7 Å². The molecule has 2 unspecified atom stereocenters. The summed E-state index contributed by atoms with van der Waals surface area (Å²) in [6.07, 6.45) is -3.29. The Morgan fingerprint density at radius 1 is 0.870 bits per heavy atom. The number of hydroxylamine groups is 1.